The van der Waals surface area contributed by atoms with E-state index in [-0.39, 0.29) is 0 Å². The van der Waals surface area contributed by atoms with Gasteiger partial charge in [0.2, 0.25) is 0 Å². The van der Waals surface area contributed by atoms with E-state index in [1.165, 1.54) is 12.8 Å². The zero-order valence-electron chi connectivity index (χ0n) is 9.98. The van der Waals surface area contributed by atoms with Gasteiger partial charge in [-0.25, -0.2) is 0 Å². The Morgan fingerprint density at radius 3 is 2.41 bits per heavy atom. The summed E-state index contributed by atoms with van der Waals surface area (Å²) in [6, 6.07) is 9.95. The molecule has 1 fully saturated rings. The second-order valence-electron chi connectivity index (χ2n) is 5.09. The van der Waals surface area contributed by atoms with E-state index in [4.69, 9.17) is 4.42 Å². The minimum absolute atomic E-state index is 0.741. The molecule has 1 heterocycles. The first-order valence-electron chi connectivity index (χ1n) is 6.49. The first-order valence-corrected chi connectivity index (χ1v) is 6.49. The quantitative estimate of drug-likeness (QED) is 0.752. The zero-order chi connectivity index (χ0) is 11.7. The highest BCUT2D eigenvalue weighted by Crippen LogP contribution is 2.38. The Kier molecular flexibility index (Phi) is 2.67. The smallest absolute Gasteiger partial charge is 0.136 e. The highest BCUT2D eigenvalue weighted by molar-refractivity contribution is 5.77. The number of para-hydroxylation sites is 1. The molecule has 0 atom stereocenters. The standard InChI is InChI=1S/C15H18O2/c16-15(9-5-1-2-6-10-15)14-11-12-7-3-4-8-13(12)17-14/h3-4,7-8,11,16H,1-2,5-6,9-10H2. The van der Waals surface area contributed by atoms with Crippen molar-refractivity contribution in [3.8, 4) is 0 Å². The normalized spacial score (nSPS) is 20.3. The Morgan fingerprint density at radius 1 is 1.00 bits per heavy atom. The lowest BCUT2D eigenvalue weighted by atomic mass is 9.92. The maximum absolute atomic E-state index is 10.7. The predicted molar refractivity (Wildman–Crippen MR) is 67.8 cm³/mol. The van der Waals surface area contributed by atoms with Crippen LogP contribution in [0.15, 0.2) is 34.7 Å². The fourth-order valence-corrected chi connectivity index (χ4v) is 2.77. The Bertz CT molecular complexity index is 471. The summed E-state index contributed by atoms with van der Waals surface area (Å²) in [5.74, 6) is 0.751. The van der Waals surface area contributed by atoms with Gasteiger partial charge in [-0.1, -0.05) is 43.9 Å². The van der Waals surface area contributed by atoms with E-state index in [1.54, 1.807) is 0 Å². The molecule has 1 aliphatic rings. The van der Waals surface area contributed by atoms with Gasteiger partial charge >= 0.3 is 0 Å². The van der Waals surface area contributed by atoms with Crippen LogP contribution in [0.5, 0.6) is 0 Å². The molecule has 0 saturated heterocycles. The summed E-state index contributed by atoms with van der Waals surface area (Å²) in [4.78, 5) is 0. The van der Waals surface area contributed by atoms with Gasteiger partial charge in [-0.05, 0) is 25.0 Å². The largest absolute Gasteiger partial charge is 0.458 e. The lowest BCUT2D eigenvalue weighted by molar-refractivity contribution is 0.00116. The number of hydrogen-bond acceptors (Lipinski definition) is 2. The van der Waals surface area contributed by atoms with Crippen LogP contribution >= 0.6 is 0 Å². The number of hydrogen-bond donors (Lipinski definition) is 1. The molecule has 0 bridgehead atoms. The molecule has 0 spiro atoms. The van der Waals surface area contributed by atoms with E-state index in [0.29, 0.717) is 0 Å². The summed E-state index contributed by atoms with van der Waals surface area (Å²) in [5.41, 5.74) is 0.135. The molecule has 0 amide bonds. The van der Waals surface area contributed by atoms with Gasteiger partial charge < -0.3 is 9.52 Å². The molecule has 3 rings (SSSR count). The van der Waals surface area contributed by atoms with Crippen LogP contribution in [0.25, 0.3) is 11.0 Å². The van der Waals surface area contributed by atoms with Gasteiger partial charge in [-0.3, -0.25) is 0 Å². The zero-order valence-corrected chi connectivity index (χ0v) is 9.98. The number of fused-ring (bicyclic) bond motifs is 1. The summed E-state index contributed by atoms with van der Waals surface area (Å²) >= 11 is 0. The van der Waals surface area contributed by atoms with Gasteiger partial charge in [0.15, 0.2) is 0 Å². The van der Waals surface area contributed by atoms with Gasteiger partial charge in [0.05, 0.1) is 0 Å². The van der Waals surface area contributed by atoms with E-state index in [0.717, 1.165) is 42.4 Å². The average molecular weight is 230 g/mol. The van der Waals surface area contributed by atoms with Crippen molar-refractivity contribution in [2.24, 2.45) is 0 Å². The SMILES string of the molecule is OC1(c2cc3ccccc3o2)CCCCCC1. The highest BCUT2D eigenvalue weighted by Gasteiger charge is 2.33. The number of rotatable bonds is 1. The van der Waals surface area contributed by atoms with Crippen LogP contribution in [-0.2, 0) is 5.60 Å². The van der Waals surface area contributed by atoms with Crippen molar-refractivity contribution < 1.29 is 9.52 Å². The van der Waals surface area contributed by atoms with Gasteiger partial charge in [-0.15, -0.1) is 0 Å². The minimum Gasteiger partial charge on any atom is -0.458 e. The molecular formula is C15H18O2. The van der Waals surface area contributed by atoms with Crippen LogP contribution in [0.2, 0.25) is 0 Å². The molecule has 0 radical (unpaired) electrons. The summed E-state index contributed by atoms with van der Waals surface area (Å²) in [6.07, 6.45) is 6.28. The maximum Gasteiger partial charge on any atom is 0.136 e. The molecule has 1 aromatic heterocycles. The first-order chi connectivity index (χ1) is 8.28. The van der Waals surface area contributed by atoms with Crippen LogP contribution in [0.1, 0.15) is 44.3 Å². The third-order valence-electron chi connectivity index (χ3n) is 3.81. The molecule has 17 heavy (non-hydrogen) atoms. The van der Waals surface area contributed by atoms with Crippen LogP contribution in [0, 0.1) is 0 Å². The molecule has 90 valence electrons. The van der Waals surface area contributed by atoms with Gasteiger partial charge in [0.1, 0.15) is 16.9 Å². The van der Waals surface area contributed by atoms with E-state index in [2.05, 4.69) is 0 Å². The van der Waals surface area contributed by atoms with Gasteiger partial charge in [-0.2, -0.15) is 0 Å². The Morgan fingerprint density at radius 2 is 1.71 bits per heavy atom. The minimum atomic E-state index is -0.741. The number of benzene rings is 1. The lowest BCUT2D eigenvalue weighted by Crippen LogP contribution is -2.23. The fourth-order valence-electron chi connectivity index (χ4n) is 2.77. The van der Waals surface area contributed by atoms with Crippen molar-refractivity contribution in [3.63, 3.8) is 0 Å². The molecule has 0 unspecified atom stereocenters. The summed E-state index contributed by atoms with van der Waals surface area (Å²) in [6.45, 7) is 0. The maximum atomic E-state index is 10.7. The molecule has 1 aliphatic carbocycles. The molecule has 0 aliphatic heterocycles. The lowest BCUT2D eigenvalue weighted by Gasteiger charge is -2.23. The van der Waals surface area contributed by atoms with Crippen molar-refractivity contribution in [3.05, 3.63) is 36.1 Å². The third kappa shape index (κ3) is 1.98. The fraction of sp³-hybridized carbons (Fsp3) is 0.467. The molecule has 2 aromatic rings. The van der Waals surface area contributed by atoms with Crippen molar-refractivity contribution >= 4 is 11.0 Å². The Balaban J connectivity index is 2.01. The highest BCUT2D eigenvalue weighted by atomic mass is 16.4. The van der Waals surface area contributed by atoms with E-state index in [9.17, 15) is 5.11 Å². The Labute approximate surface area is 101 Å². The van der Waals surface area contributed by atoms with Crippen LogP contribution in [0.3, 0.4) is 0 Å². The number of furan rings is 1. The number of aliphatic hydroxyl groups is 1. The van der Waals surface area contributed by atoms with Crippen molar-refractivity contribution in [2.45, 2.75) is 44.1 Å². The molecule has 2 nitrogen and oxygen atoms in total. The second kappa shape index (κ2) is 4.19. The van der Waals surface area contributed by atoms with Crippen LogP contribution < -0.4 is 0 Å². The Hall–Kier alpha value is -1.28. The van der Waals surface area contributed by atoms with Crippen molar-refractivity contribution in [2.75, 3.05) is 0 Å². The second-order valence-corrected chi connectivity index (χ2v) is 5.09. The van der Waals surface area contributed by atoms with Gasteiger partial charge in [0.25, 0.3) is 0 Å². The predicted octanol–water partition coefficient (Wildman–Crippen LogP) is 3.97. The van der Waals surface area contributed by atoms with Crippen LogP contribution in [-0.4, -0.2) is 5.11 Å². The topological polar surface area (TPSA) is 33.4 Å². The summed E-state index contributed by atoms with van der Waals surface area (Å²) < 4.78 is 5.82. The van der Waals surface area contributed by atoms with E-state index >= 15 is 0 Å². The third-order valence-corrected chi connectivity index (χ3v) is 3.81. The molecular weight excluding hydrogens is 212 g/mol. The summed E-state index contributed by atoms with van der Waals surface area (Å²) in [7, 11) is 0. The van der Waals surface area contributed by atoms with Crippen molar-refractivity contribution in [1.29, 1.82) is 0 Å². The molecule has 1 N–H and O–H groups in total. The molecule has 1 aromatic carbocycles. The van der Waals surface area contributed by atoms with Crippen LogP contribution in [0.4, 0.5) is 0 Å². The molecule has 1 saturated carbocycles. The van der Waals surface area contributed by atoms with E-state index in [1.807, 2.05) is 30.3 Å². The monoisotopic (exact) mass is 230 g/mol. The van der Waals surface area contributed by atoms with Gasteiger partial charge in [0, 0.05) is 5.39 Å². The summed E-state index contributed by atoms with van der Waals surface area (Å²) in [5, 5.41) is 11.8. The molecule has 2 heteroatoms. The average Bonchev–Trinajstić information content (AvgIpc) is 2.66. The first kappa shape index (κ1) is 10.8. The van der Waals surface area contributed by atoms with Crippen molar-refractivity contribution in [1.82, 2.24) is 0 Å². The van der Waals surface area contributed by atoms with E-state index < -0.39 is 5.60 Å².